The Morgan fingerprint density at radius 2 is 2.05 bits per heavy atom. The van der Waals surface area contributed by atoms with Gasteiger partial charge < -0.3 is 9.31 Å². The summed E-state index contributed by atoms with van der Waals surface area (Å²) < 4.78 is 12.8. The van der Waals surface area contributed by atoms with Gasteiger partial charge in [-0.3, -0.25) is 0 Å². The molecule has 4 atom stereocenters. The van der Waals surface area contributed by atoms with Crippen molar-refractivity contribution < 1.29 is 9.31 Å². The van der Waals surface area contributed by atoms with Crippen LogP contribution in [0.3, 0.4) is 0 Å². The van der Waals surface area contributed by atoms with Gasteiger partial charge in [-0.05, 0) is 48.1 Å². The maximum atomic E-state index is 6.49. The second kappa shape index (κ2) is 4.72. The van der Waals surface area contributed by atoms with Crippen LogP contribution in [0.5, 0.6) is 0 Å². The largest absolute Gasteiger partial charge is 0.462 e. The van der Waals surface area contributed by atoms with E-state index in [-0.39, 0.29) is 18.8 Å². The molecule has 3 saturated carbocycles. The van der Waals surface area contributed by atoms with Crippen LogP contribution in [0.2, 0.25) is 0 Å². The molecular weight excluding hydrogens is 271 g/mol. The van der Waals surface area contributed by atoms with E-state index in [0.29, 0.717) is 11.3 Å². The summed E-state index contributed by atoms with van der Waals surface area (Å²) in [6.45, 7) is 11.0. The van der Waals surface area contributed by atoms with Crippen LogP contribution in [-0.4, -0.2) is 18.8 Å². The molecule has 2 bridgehead atoms. The van der Waals surface area contributed by atoms with E-state index in [1.54, 1.807) is 0 Å². The van der Waals surface area contributed by atoms with Gasteiger partial charge in [0.1, 0.15) is 0 Å². The zero-order valence-corrected chi connectivity index (χ0v) is 13.8. The van der Waals surface area contributed by atoms with Crippen LogP contribution in [0.4, 0.5) is 0 Å². The molecule has 1 unspecified atom stereocenters. The molecule has 3 aliphatic carbocycles. The second-order valence-electron chi connectivity index (χ2n) is 8.01. The summed E-state index contributed by atoms with van der Waals surface area (Å²) in [5.74, 6) is 1.43. The van der Waals surface area contributed by atoms with E-state index in [1.165, 1.54) is 17.5 Å². The van der Waals surface area contributed by atoms with E-state index >= 15 is 0 Å². The first-order valence-electron chi connectivity index (χ1n) is 8.49. The third kappa shape index (κ3) is 1.88. The average molecular weight is 296 g/mol. The molecule has 2 nitrogen and oxygen atoms in total. The average Bonchev–Trinajstić information content (AvgIpc) is 2.82. The third-order valence-corrected chi connectivity index (χ3v) is 6.66. The minimum absolute atomic E-state index is 0.105. The first-order valence-corrected chi connectivity index (χ1v) is 8.49. The van der Waals surface area contributed by atoms with Crippen molar-refractivity contribution in [2.75, 3.05) is 0 Å². The Balaban J connectivity index is 1.54. The van der Waals surface area contributed by atoms with Crippen LogP contribution in [-0.2, 0) is 15.6 Å². The minimum atomic E-state index is -0.119. The van der Waals surface area contributed by atoms with Gasteiger partial charge in [0.25, 0.3) is 0 Å². The van der Waals surface area contributed by atoms with Crippen LogP contribution in [0.15, 0.2) is 30.8 Å². The lowest BCUT2D eigenvalue weighted by Gasteiger charge is -2.64. The highest BCUT2D eigenvalue weighted by molar-refractivity contribution is 6.45. The predicted octanol–water partition coefficient (Wildman–Crippen LogP) is 4.14. The van der Waals surface area contributed by atoms with E-state index in [0.717, 1.165) is 18.7 Å². The molecule has 3 heteroatoms. The van der Waals surface area contributed by atoms with Gasteiger partial charge in [0, 0.05) is 6.32 Å². The van der Waals surface area contributed by atoms with E-state index in [2.05, 4.69) is 51.6 Å². The van der Waals surface area contributed by atoms with Gasteiger partial charge in [0.2, 0.25) is 0 Å². The summed E-state index contributed by atoms with van der Waals surface area (Å²) in [6, 6.07) is 8.38. The molecule has 5 rings (SSSR count). The predicted molar refractivity (Wildman–Crippen MR) is 90.3 cm³/mol. The lowest BCUT2D eigenvalue weighted by molar-refractivity contribution is -0.199. The molecule has 0 amide bonds. The van der Waals surface area contributed by atoms with E-state index in [1.807, 2.05) is 6.08 Å². The van der Waals surface area contributed by atoms with Crippen molar-refractivity contribution in [3.8, 4) is 0 Å². The van der Waals surface area contributed by atoms with Crippen LogP contribution in [0, 0.1) is 17.3 Å². The van der Waals surface area contributed by atoms with Crippen LogP contribution in [0.25, 0.3) is 6.08 Å². The second-order valence-corrected chi connectivity index (χ2v) is 8.01. The number of hydrogen-bond donors (Lipinski definition) is 0. The monoisotopic (exact) mass is 296 g/mol. The van der Waals surface area contributed by atoms with Gasteiger partial charge in [-0.2, -0.15) is 0 Å². The van der Waals surface area contributed by atoms with E-state index < -0.39 is 0 Å². The van der Waals surface area contributed by atoms with Gasteiger partial charge in [0.05, 0.1) is 11.7 Å². The van der Waals surface area contributed by atoms with Gasteiger partial charge >= 0.3 is 7.12 Å². The van der Waals surface area contributed by atoms with Crippen molar-refractivity contribution in [2.45, 2.75) is 51.6 Å². The summed E-state index contributed by atoms with van der Waals surface area (Å²) in [6.07, 6.45) is 5.45. The summed E-state index contributed by atoms with van der Waals surface area (Å²) in [5.41, 5.74) is 2.74. The van der Waals surface area contributed by atoms with E-state index in [9.17, 15) is 0 Å². The summed E-state index contributed by atoms with van der Waals surface area (Å²) in [7, 11) is -0.119. The van der Waals surface area contributed by atoms with Crippen LogP contribution >= 0.6 is 0 Å². The molecule has 1 saturated heterocycles. The first kappa shape index (κ1) is 14.5. The van der Waals surface area contributed by atoms with Gasteiger partial charge in [0.15, 0.2) is 0 Å². The van der Waals surface area contributed by atoms with E-state index in [4.69, 9.17) is 9.31 Å². The Bertz CT molecular complexity index is 611. The molecule has 1 heterocycles. The molecule has 0 aromatic heterocycles. The topological polar surface area (TPSA) is 18.5 Å². The van der Waals surface area contributed by atoms with Gasteiger partial charge in [-0.15, -0.1) is 0 Å². The fourth-order valence-electron chi connectivity index (χ4n) is 5.14. The normalized spacial score (nSPS) is 38.3. The van der Waals surface area contributed by atoms with Crippen molar-refractivity contribution in [3.63, 3.8) is 0 Å². The SMILES string of the molecule is C=Cc1ccccc1CB1O[C@@H]2C[C@@H]3CC(C3(C)C)[C@]2(C)O1. The Labute approximate surface area is 134 Å². The van der Waals surface area contributed by atoms with Gasteiger partial charge in [-0.25, -0.2) is 0 Å². The standard InChI is InChI=1S/C19H25BO2/c1-5-13-8-6-7-9-14(13)12-20-21-17-11-15-10-16(18(15,2)3)19(17,4)22-20/h5-9,15-17H,1,10-12H2,2-4H3/t15-,16?,17+,19-/m0/s1. The molecule has 22 heavy (non-hydrogen) atoms. The molecule has 4 fully saturated rings. The Morgan fingerprint density at radius 3 is 2.77 bits per heavy atom. The van der Waals surface area contributed by atoms with Crippen LogP contribution in [0.1, 0.15) is 44.7 Å². The molecule has 0 N–H and O–H groups in total. The smallest absolute Gasteiger partial charge is 0.405 e. The fourth-order valence-corrected chi connectivity index (χ4v) is 5.14. The molecular formula is C19H25BO2. The lowest BCUT2D eigenvalue weighted by Crippen LogP contribution is -2.65. The fraction of sp³-hybridized carbons (Fsp3) is 0.579. The number of benzene rings is 1. The third-order valence-electron chi connectivity index (χ3n) is 6.66. The summed E-state index contributed by atoms with van der Waals surface area (Å²) >= 11 is 0. The highest BCUT2D eigenvalue weighted by atomic mass is 16.7. The Hall–Kier alpha value is -1.06. The first-order chi connectivity index (χ1) is 10.4. The van der Waals surface area contributed by atoms with Gasteiger partial charge in [-0.1, -0.05) is 50.8 Å². The van der Waals surface area contributed by atoms with Crippen LogP contribution < -0.4 is 0 Å². The highest BCUT2D eigenvalue weighted by Crippen LogP contribution is 2.65. The van der Waals surface area contributed by atoms with Crippen molar-refractivity contribution in [1.29, 1.82) is 0 Å². The number of rotatable bonds is 3. The summed E-state index contributed by atoms with van der Waals surface area (Å²) in [5, 5.41) is 0. The molecule has 1 aromatic carbocycles. The van der Waals surface area contributed by atoms with Crippen molar-refractivity contribution in [2.24, 2.45) is 17.3 Å². The maximum absolute atomic E-state index is 6.49. The zero-order valence-electron chi connectivity index (χ0n) is 13.8. The highest BCUT2D eigenvalue weighted by Gasteiger charge is 2.67. The molecule has 116 valence electrons. The molecule has 0 spiro atoms. The molecule has 1 aromatic rings. The van der Waals surface area contributed by atoms with Crippen molar-refractivity contribution in [1.82, 2.24) is 0 Å². The van der Waals surface area contributed by atoms with Crippen molar-refractivity contribution in [3.05, 3.63) is 42.0 Å². The lowest BCUT2D eigenvalue weighted by atomic mass is 9.43. The Morgan fingerprint density at radius 1 is 1.27 bits per heavy atom. The molecule has 1 aliphatic heterocycles. The summed E-state index contributed by atoms with van der Waals surface area (Å²) in [4.78, 5) is 0. The molecule has 4 aliphatic rings. The Kier molecular flexibility index (Phi) is 3.12. The maximum Gasteiger partial charge on any atom is 0.462 e. The quantitative estimate of drug-likeness (QED) is 0.780. The zero-order chi connectivity index (χ0) is 15.5. The minimum Gasteiger partial charge on any atom is -0.405 e. The number of hydrogen-bond acceptors (Lipinski definition) is 2. The van der Waals surface area contributed by atoms with Crippen molar-refractivity contribution >= 4 is 13.2 Å². The molecule has 0 radical (unpaired) electrons.